The van der Waals surface area contributed by atoms with Gasteiger partial charge in [-0.2, -0.15) is 0 Å². The van der Waals surface area contributed by atoms with Crippen molar-refractivity contribution in [3.05, 3.63) is 54.6 Å². The molecule has 0 amide bonds. The van der Waals surface area contributed by atoms with Crippen molar-refractivity contribution < 1.29 is 4.74 Å². The first kappa shape index (κ1) is 14.0. The molecule has 2 aliphatic rings. The lowest BCUT2D eigenvalue weighted by molar-refractivity contribution is 0.417. The zero-order valence-electron chi connectivity index (χ0n) is 12.9. The van der Waals surface area contributed by atoms with Crippen LogP contribution in [0.4, 0.5) is 5.69 Å². The smallest absolute Gasteiger partial charge is 0.129 e. The van der Waals surface area contributed by atoms with E-state index in [0.29, 0.717) is 6.04 Å². The summed E-state index contributed by atoms with van der Waals surface area (Å²) in [5.41, 5.74) is 1.33. The monoisotopic (exact) mass is 312 g/mol. The van der Waals surface area contributed by atoms with Crippen LogP contribution in [0.3, 0.4) is 0 Å². The molecule has 0 spiro atoms. The molecule has 4 rings (SSSR count). The van der Waals surface area contributed by atoms with Crippen molar-refractivity contribution in [2.45, 2.75) is 18.9 Å². The van der Waals surface area contributed by atoms with Crippen LogP contribution in [0.2, 0.25) is 0 Å². The van der Waals surface area contributed by atoms with Crippen molar-refractivity contribution in [2.24, 2.45) is 0 Å². The van der Waals surface area contributed by atoms with Crippen LogP contribution < -0.4 is 14.7 Å². The summed E-state index contributed by atoms with van der Waals surface area (Å²) in [4.78, 5) is 0. The van der Waals surface area contributed by atoms with E-state index in [1.807, 2.05) is 0 Å². The molecular formula is C18H21N2OP. The molecule has 114 valence electrons. The van der Waals surface area contributed by atoms with Crippen LogP contribution in [-0.4, -0.2) is 30.9 Å². The summed E-state index contributed by atoms with van der Waals surface area (Å²) in [6.45, 7) is 2.34. The van der Waals surface area contributed by atoms with E-state index >= 15 is 0 Å². The number of nitrogens with zero attached hydrogens (tertiary/aromatic N) is 2. The van der Waals surface area contributed by atoms with Crippen LogP contribution >= 0.6 is 8.22 Å². The Hall–Kier alpha value is -1.57. The highest BCUT2D eigenvalue weighted by Crippen LogP contribution is 2.56. The maximum Gasteiger partial charge on any atom is 0.129 e. The third-order valence-electron chi connectivity index (χ3n) is 4.56. The molecule has 2 aromatic carbocycles. The molecule has 0 bridgehead atoms. The van der Waals surface area contributed by atoms with E-state index in [-0.39, 0.29) is 0 Å². The van der Waals surface area contributed by atoms with Crippen molar-refractivity contribution in [1.82, 2.24) is 4.67 Å². The van der Waals surface area contributed by atoms with Crippen LogP contribution in [0.5, 0.6) is 5.75 Å². The van der Waals surface area contributed by atoms with Crippen LogP contribution in [0.1, 0.15) is 12.8 Å². The number of methoxy groups -OCH3 is 1. The molecule has 1 unspecified atom stereocenters. The molecule has 2 aliphatic heterocycles. The van der Waals surface area contributed by atoms with Crippen molar-refractivity contribution in [2.75, 3.05) is 24.9 Å². The number of ether oxygens (including phenoxy) is 1. The third-order valence-corrected chi connectivity index (χ3v) is 7.22. The molecule has 2 fully saturated rings. The van der Waals surface area contributed by atoms with Crippen molar-refractivity contribution in [3.63, 3.8) is 0 Å². The number of fused-ring (bicyclic) bond motifs is 1. The highest BCUT2D eigenvalue weighted by molar-refractivity contribution is 7.65. The van der Waals surface area contributed by atoms with E-state index in [0.717, 1.165) is 12.3 Å². The number of hydrogen-bond acceptors (Lipinski definition) is 3. The van der Waals surface area contributed by atoms with Gasteiger partial charge in [-0.25, -0.2) is 0 Å². The lowest BCUT2D eigenvalue weighted by Gasteiger charge is -2.31. The van der Waals surface area contributed by atoms with E-state index < -0.39 is 8.22 Å². The van der Waals surface area contributed by atoms with Gasteiger partial charge in [-0.05, 0) is 37.1 Å². The number of rotatable bonds is 3. The summed E-state index contributed by atoms with van der Waals surface area (Å²) in [5.74, 6) is 1.02. The molecule has 0 N–H and O–H groups in total. The Morgan fingerprint density at radius 2 is 1.82 bits per heavy atom. The summed E-state index contributed by atoms with van der Waals surface area (Å²) in [6.07, 6.45) is 2.64. The highest BCUT2D eigenvalue weighted by Gasteiger charge is 2.44. The number of anilines is 1. The molecule has 0 saturated carbocycles. The van der Waals surface area contributed by atoms with Crippen molar-refractivity contribution in [3.8, 4) is 5.75 Å². The second-order valence-electron chi connectivity index (χ2n) is 5.84. The van der Waals surface area contributed by atoms with Gasteiger partial charge in [0.1, 0.15) is 14.0 Å². The number of benzene rings is 2. The van der Waals surface area contributed by atoms with E-state index in [4.69, 9.17) is 4.74 Å². The Morgan fingerprint density at radius 3 is 2.64 bits per heavy atom. The van der Waals surface area contributed by atoms with Gasteiger partial charge < -0.3 is 9.41 Å². The molecule has 0 radical (unpaired) electrons. The Morgan fingerprint density at radius 1 is 1.05 bits per heavy atom. The first-order valence-electron chi connectivity index (χ1n) is 7.90. The molecular weight excluding hydrogens is 291 g/mol. The van der Waals surface area contributed by atoms with Gasteiger partial charge in [0.05, 0.1) is 12.4 Å². The summed E-state index contributed by atoms with van der Waals surface area (Å²) in [5, 5.41) is 1.34. The average molecular weight is 312 g/mol. The van der Waals surface area contributed by atoms with E-state index in [2.05, 4.69) is 63.9 Å². The number of para-hydroxylation sites is 2. The summed E-state index contributed by atoms with van der Waals surface area (Å²) in [7, 11) is 1.27. The van der Waals surface area contributed by atoms with Gasteiger partial charge in [0, 0.05) is 24.8 Å². The molecule has 0 aromatic heterocycles. The fraction of sp³-hybridized carbons (Fsp3) is 0.333. The molecule has 4 heteroatoms. The Labute approximate surface area is 133 Å². The van der Waals surface area contributed by atoms with Gasteiger partial charge in [0.2, 0.25) is 0 Å². The van der Waals surface area contributed by atoms with Crippen LogP contribution in [0.25, 0.3) is 0 Å². The number of hydrogen-bond donors (Lipinski definition) is 0. The topological polar surface area (TPSA) is 15.7 Å². The summed E-state index contributed by atoms with van der Waals surface area (Å²) >= 11 is 0. The lowest BCUT2D eigenvalue weighted by Crippen LogP contribution is -2.24. The zero-order chi connectivity index (χ0) is 14.9. The minimum absolute atomic E-state index is 0.505. The van der Waals surface area contributed by atoms with E-state index in [1.54, 1.807) is 7.11 Å². The quantitative estimate of drug-likeness (QED) is 0.805. The molecule has 2 saturated heterocycles. The predicted octanol–water partition coefficient (Wildman–Crippen LogP) is 3.62. The first-order chi connectivity index (χ1) is 10.9. The zero-order valence-corrected chi connectivity index (χ0v) is 13.7. The predicted molar refractivity (Wildman–Crippen MR) is 93.1 cm³/mol. The minimum atomic E-state index is -0.505. The van der Waals surface area contributed by atoms with Gasteiger partial charge in [-0.3, -0.25) is 4.67 Å². The molecule has 3 nitrogen and oxygen atoms in total. The maximum atomic E-state index is 5.65. The first-order valence-corrected chi connectivity index (χ1v) is 9.15. The molecule has 2 atom stereocenters. The van der Waals surface area contributed by atoms with Gasteiger partial charge >= 0.3 is 0 Å². The maximum absolute atomic E-state index is 5.65. The largest absolute Gasteiger partial charge is 0.496 e. The van der Waals surface area contributed by atoms with E-state index in [1.165, 1.54) is 30.4 Å². The normalized spacial score (nSPS) is 24.5. The minimum Gasteiger partial charge on any atom is -0.496 e. The lowest BCUT2D eigenvalue weighted by atomic mass is 10.2. The van der Waals surface area contributed by atoms with Gasteiger partial charge in [-0.15, -0.1) is 0 Å². The van der Waals surface area contributed by atoms with Gasteiger partial charge in [0.15, 0.2) is 0 Å². The van der Waals surface area contributed by atoms with Gasteiger partial charge in [-0.1, -0.05) is 30.3 Å². The van der Waals surface area contributed by atoms with E-state index in [9.17, 15) is 0 Å². The molecule has 2 aromatic rings. The van der Waals surface area contributed by atoms with Crippen LogP contribution in [0, 0.1) is 0 Å². The fourth-order valence-electron chi connectivity index (χ4n) is 3.55. The van der Waals surface area contributed by atoms with Crippen molar-refractivity contribution >= 4 is 19.2 Å². The summed E-state index contributed by atoms with van der Waals surface area (Å²) < 4.78 is 11.0. The van der Waals surface area contributed by atoms with Crippen LogP contribution in [-0.2, 0) is 0 Å². The average Bonchev–Trinajstić information content (AvgIpc) is 3.16. The Bertz CT molecular complexity index is 649. The third kappa shape index (κ3) is 2.29. The summed E-state index contributed by atoms with van der Waals surface area (Å²) in [6, 6.07) is 20.0. The van der Waals surface area contributed by atoms with Gasteiger partial charge in [0.25, 0.3) is 0 Å². The highest BCUT2D eigenvalue weighted by atomic mass is 31.1. The van der Waals surface area contributed by atoms with Crippen LogP contribution in [0.15, 0.2) is 54.6 Å². The second-order valence-corrected chi connectivity index (χ2v) is 7.90. The van der Waals surface area contributed by atoms with Crippen molar-refractivity contribution in [1.29, 1.82) is 0 Å². The second kappa shape index (κ2) is 5.91. The SMILES string of the molecule is COc1ccccc1P1N(c2ccccc2)C[C@@H]2CCCN21. The Balaban J connectivity index is 1.78. The molecule has 2 heterocycles. The molecule has 0 aliphatic carbocycles. The fourth-order valence-corrected chi connectivity index (χ4v) is 6.47. The standard InChI is InChI=1S/C18H21N2OP/c1-21-17-11-5-6-12-18(17)22-19-13-7-10-16(19)14-20(22)15-8-3-2-4-9-15/h2-6,8-9,11-12,16H,7,10,13-14H2,1H3/t16-,22?/m0/s1. The Kier molecular flexibility index (Phi) is 3.77. The molecule has 22 heavy (non-hydrogen) atoms.